The van der Waals surface area contributed by atoms with Crippen LogP contribution < -0.4 is 0 Å². The molecule has 1 aromatic rings. The van der Waals surface area contributed by atoms with Crippen molar-refractivity contribution in [3.63, 3.8) is 0 Å². The van der Waals surface area contributed by atoms with Crippen molar-refractivity contribution in [3.8, 4) is 0 Å². The number of hydrogen-bond acceptors (Lipinski definition) is 2. The minimum atomic E-state index is -0.178. The Balaban J connectivity index is 2.23. The fraction of sp³-hybridized carbons (Fsp3) is 0.667. The van der Waals surface area contributed by atoms with E-state index in [1.54, 1.807) is 0 Å². The van der Waals surface area contributed by atoms with Gasteiger partial charge in [-0.3, -0.25) is 0 Å². The van der Waals surface area contributed by atoms with Crippen molar-refractivity contribution in [1.82, 2.24) is 4.90 Å². The predicted octanol–water partition coefficient (Wildman–Crippen LogP) is 5.74. The Morgan fingerprint density at radius 3 is 2.50 bits per heavy atom. The smallest absolute Gasteiger partial charge is 0.410 e. The van der Waals surface area contributed by atoms with E-state index in [1.807, 2.05) is 32.6 Å². The summed E-state index contributed by atoms with van der Waals surface area (Å²) in [5, 5.41) is 0. The molecule has 0 saturated heterocycles. The van der Waals surface area contributed by atoms with Crippen molar-refractivity contribution in [3.05, 3.63) is 35.4 Å². The molecular weight excluding hydrogens is 298 g/mol. The summed E-state index contributed by atoms with van der Waals surface area (Å²) in [6.45, 7) is 10.4. The van der Waals surface area contributed by atoms with Crippen LogP contribution in [0.5, 0.6) is 0 Å². The number of aryl methyl sites for hydroxylation is 1. The summed E-state index contributed by atoms with van der Waals surface area (Å²) in [6, 6.07) is 8.74. The van der Waals surface area contributed by atoms with Gasteiger partial charge in [0.25, 0.3) is 0 Å². The Kier molecular flexibility index (Phi) is 6.70. The van der Waals surface area contributed by atoms with Crippen molar-refractivity contribution < 1.29 is 9.53 Å². The Morgan fingerprint density at radius 2 is 1.88 bits per heavy atom. The lowest BCUT2D eigenvalue weighted by Gasteiger charge is -2.37. The van der Waals surface area contributed by atoms with Crippen LogP contribution >= 0.6 is 0 Å². The van der Waals surface area contributed by atoms with E-state index in [0.717, 1.165) is 19.3 Å². The van der Waals surface area contributed by atoms with Crippen LogP contribution in [0, 0.1) is 5.92 Å². The van der Waals surface area contributed by atoms with E-state index in [4.69, 9.17) is 4.74 Å². The maximum absolute atomic E-state index is 12.8. The van der Waals surface area contributed by atoms with Gasteiger partial charge in [-0.1, -0.05) is 44.0 Å². The summed E-state index contributed by atoms with van der Waals surface area (Å²) in [7, 11) is 0. The zero-order valence-corrected chi connectivity index (χ0v) is 15.9. The summed E-state index contributed by atoms with van der Waals surface area (Å²) < 4.78 is 6.10. The second-order valence-electron chi connectivity index (χ2n) is 7.54. The lowest BCUT2D eigenvalue weighted by molar-refractivity contribution is 0.0117. The van der Waals surface area contributed by atoms with Gasteiger partial charge >= 0.3 is 6.09 Å². The Bertz CT molecular complexity index is 530. The first kappa shape index (κ1) is 18.8. The molecule has 0 unspecified atom stereocenters. The van der Waals surface area contributed by atoms with Gasteiger partial charge in [-0.15, -0.1) is 0 Å². The SMILES string of the molecule is CCCC[C@@H]1CCc2ccccc2[C@H]1OC(=O)N(C(C)C)C(C)C. The molecular formula is C21H33NO2. The molecule has 134 valence electrons. The summed E-state index contributed by atoms with van der Waals surface area (Å²) in [5.41, 5.74) is 2.55. The van der Waals surface area contributed by atoms with Crippen LogP contribution in [0.15, 0.2) is 24.3 Å². The van der Waals surface area contributed by atoms with Crippen LogP contribution in [0.1, 0.15) is 77.5 Å². The second-order valence-corrected chi connectivity index (χ2v) is 7.54. The first-order valence-corrected chi connectivity index (χ1v) is 9.52. The molecule has 0 radical (unpaired) electrons. The maximum Gasteiger partial charge on any atom is 0.410 e. The van der Waals surface area contributed by atoms with E-state index < -0.39 is 0 Å². The molecule has 1 amide bonds. The van der Waals surface area contributed by atoms with Crippen LogP contribution in [0.3, 0.4) is 0 Å². The Morgan fingerprint density at radius 1 is 1.21 bits per heavy atom. The molecule has 0 fully saturated rings. The number of ether oxygens (including phenoxy) is 1. The number of carbonyl (C=O) groups excluding carboxylic acids is 1. The molecule has 2 atom stereocenters. The van der Waals surface area contributed by atoms with Gasteiger partial charge in [0.1, 0.15) is 6.10 Å². The number of benzene rings is 1. The molecule has 0 bridgehead atoms. The van der Waals surface area contributed by atoms with Gasteiger partial charge in [0.05, 0.1) is 0 Å². The average Bonchev–Trinajstić information content (AvgIpc) is 2.53. The van der Waals surface area contributed by atoms with Crippen molar-refractivity contribution in [2.75, 3.05) is 0 Å². The van der Waals surface area contributed by atoms with Crippen molar-refractivity contribution in [2.45, 2.75) is 84.9 Å². The minimum Gasteiger partial charge on any atom is -0.441 e. The normalized spacial score (nSPS) is 20.1. The third-order valence-corrected chi connectivity index (χ3v) is 5.05. The molecule has 3 nitrogen and oxygen atoms in total. The van der Waals surface area contributed by atoms with Crippen LogP contribution in [0.25, 0.3) is 0 Å². The zero-order chi connectivity index (χ0) is 17.7. The minimum absolute atomic E-state index is 0.103. The number of fused-ring (bicyclic) bond motifs is 1. The van der Waals surface area contributed by atoms with Crippen molar-refractivity contribution in [1.29, 1.82) is 0 Å². The van der Waals surface area contributed by atoms with Gasteiger partial charge in [0.2, 0.25) is 0 Å². The van der Waals surface area contributed by atoms with E-state index in [9.17, 15) is 4.79 Å². The lowest BCUT2D eigenvalue weighted by Crippen LogP contribution is -2.43. The zero-order valence-electron chi connectivity index (χ0n) is 15.9. The lowest BCUT2D eigenvalue weighted by atomic mass is 9.79. The van der Waals surface area contributed by atoms with Gasteiger partial charge in [0, 0.05) is 18.0 Å². The number of hydrogen-bond donors (Lipinski definition) is 0. The van der Waals surface area contributed by atoms with Crippen molar-refractivity contribution >= 4 is 6.09 Å². The Hall–Kier alpha value is -1.51. The monoisotopic (exact) mass is 331 g/mol. The molecule has 0 saturated carbocycles. The van der Waals surface area contributed by atoms with Crippen LogP contribution in [0.4, 0.5) is 4.79 Å². The quantitative estimate of drug-likeness (QED) is 0.665. The molecule has 3 heteroatoms. The molecule has 1 aromatic carbocycles. The number of amides is 1. The molecule has 0 spiro atoms. The van der Waals surface area contributed by atoms with E-state index in [-0.39, 0.29) is 24.3 Å². The summed E-state index contributed by atoms with van der Waals surface area (Å²) in [6.07, 6.45) is 5.43. The van der Waals surface area contributed by atoms with E-state index >= 15 is 0 Å². The van der Waals surface area contributed by atoms with Crippen LogP contribution in [-0.2, 0) is 11.2 Å². The molecule has 1 aliphatic carbocycles. The topological polar surface area (TPSA) is 29.5 Å². The highest BCUT2D eigenvalue weighted by Crippen LogP contribution is 2.40. The Labute approximate surface area is 147 Å². The van der Waals surface area contributed by atoms with E-state index in [0.29, 0.717) is 5.92 Å². The van der Waals surface area contributed by atoms with Gasteiger partial charge in [-0.05, 0) is 58.1 Å². The number of rotatable bonds is 6. The average molecular weight is 332 g/mol. The number of unbranched alkanes of at least 4 members (excludes halogenated alkanes) is 1. The molecule has 0 aliphatic heterocycles. The first-order chi connectivity index (χ1) is 11.5. The first-order valence-electron chi connectivity index (χ1n) is 9.52. The highest BCUT2D eigenvalue weighted by Gasteiger charge is 2.34. The summed E-state index contributed by atoms with van der Waals surface area (Å²) in [5.74, 6) is 0.435. The molecule has 0 aromatic heterocycles. The highest BCUT2D eigenvalue weighted by atomic mass is 16.6. The molecule has 1 aliphatic rings. The number of nitrogens with zero attached hydrogens (tertiary/aromatic N) is 1. The molecule has 0 heterocycles. The van der Waals surface area contributed by atoms with Crippen LogP contribution in [-0.4, -0.2) is 23.1 Å². The standard InChI is InChI=1S/C21H33NO2/c1-6-7-10-18-14-13-17-11-8-9-12-19(17)20(18)24-21(23)22(15(2)3)16(4)5/h8-9,11-12,15-16,18,20H,6-7,10,13-14H2,1-5H3/t18-,20+/m1/s1. The van der Waals surface area contributed by atoms with Gasteiger partial charge in [-0.2, -0.15) is 0 Å². The summed E-state index contributed by atoms with van der Waals surface area (Å²) >= 11 is 0. The molecule has 24 heavy (non-hydrogen) atoms. The van der Waals surface area contributed by atoms with Gasteiger partial charge in [-0.25, -0.2) is 4.79 Å². The van der Waals surface area contributed by atoms with Crippen molar-refractivity contribution in [2.24, 2.45) is 5.92 Å². The highest BCUT2D eigenvalue weighted by molar-refractivity contribution is 5.69. The maximum atomic E-state index is 12.8. The fourth-order valence-electron chi connectivity index (χ4n) is 3.89. The fourth-order valence-corrected chi connectivity index (χ4v) is 3.89. The third kappa shape index (κ3) is 4.31. The molecule has 0 N–H and O–H groups in total. The van der Waals surface area contributed by atoms with E-state index in [1.165, 1.54) is 24.0 Å². The largest absolute Gasteiger partial charge is 0.441 e. The van der Waals surface area contributed by atoms with Gasteiger partial charge in [0.15, 0.2) is 0 Å². The van der Waals surface area contributed by atoms with Gasteiger partial charge < -0.3 is 9.64 Å². The number of carbonyl (C=O) groups is 1. The summed E-state index contributed by atoms with van der Waals surface area (Å²) in [4.78, 5) is 14.7. The third-order valence-electron chi connectivity index (χ3n) is 5.05. The molecule has 2 rings (SSSR count). The van der Waals surface area contributed by atoms with E-state index in [2.05, 4.69) is 31.2 Å². The second kappa shape index (κ2) is 8.55. The van der Waals surface area contributed by atoms with Crippen LogP contribution in [0.2, 0.25) is 0 Å². The predicted molar refractivity (Wildman–Crippen MR) is 99.1 cm³/mol.